The van der Waals surface area contributed by atoms with Gasteiger partial charge in [-0.1, -0.05) is 12.1 Å². The highest BCUT2D eigenvalue weighted by Crippen LogP contribution is 2.19. The molecule has 0 aliphatic rings. The zero-order valence-electron chi connectivity index (χ0n) is 12.3. The fourth-order valence-electron chi connectivity index (χ4n) is 2.16. The van der Waals surface area contributed by atoms with Crippen molar-refractivity contribution in [2.45, 2.75) is 0 Å². The largest absolute Gasteiger partial charge is 0.497 e. The molecular weight excluding hydrogens is 278 g/mol. The summed E-state index contributed by atoms with van der Waals surface area (Å²) >= 11 is 0. The molecule has 1 N–H and O–H groups in total. The second kappa shape index (κ2) is 6.76. The zero-order chi connectivity index (χ0) is 15.2. The predicted octanol–water partition coefficient (Wildman–Crippen LogP) is 3.13. The molecule has 22 heavy (non-hydrogen) atoms. The molecule has 0 aliphatic carbocycles. The predicted molar refractivity (Wildman–Crippen MR) is 86.5 cm³/mol. The number of hydrogen-bond donors (Lipinski definition) is 1. The standard InChI is InChI=1S/C17H17N3O2/c1-21-13-6-8-14(9-7-13)22-11-10-18-17-15-4-2-3-5-16(15)19-12-20-17/h2-9,12H,10-11H2,1H3,(H,18,19,20). The van der Waals surface area contributed by atoms with Crippen molar-refractivity contribution in [3.63, 3.8) is 0 Å². The number of ether oxygens (including phenoxy) is 2. The SMILES string of the molecule is COc1ccc(OCCNc2ncnc3ccccc23)cc1. The fourth-order valence-corrected chi connectivity index (χ4v) is 2.16. The van der Waals surface area contributed by atoms with Gasteiger partial charge < -0.3 is 14.8 Å². The van der Waals surface area contributed by atoms with E-state index in [0.29, 0.717) is 13.2 Å². The number of benzene rings is 2. The molecule has 0 saturated heterocycles. The van der Waals surface area contributed by atoms with Crippen molar-refractivity contribution < 1.29 is 9.47 Å². The van der Waals surface area contributed by atoms with Crippen LogP contribution in [0.25, 0.3) is 10.9 Å². The van der Waals surface area contributed by atoms with Crippen LogP contribution in [0.15, 0.2) is 54.9 Å². The number of para-hydroxylation sites is 1. The fraction of sp³-hybridized carbons (Fsp3) is 0.176. The average molecular weight is 295 g/mol. The van der Waals surface area contributed by atoms with Crippen molar-refractivity contribution in [1.82, 2.24) is 9.97 Å². The molecule has 5 heteroatoms. The summed E-state index contributed by atoms with van der Waals surface area (Å²) in [6.45, 7) is 1.21. The third kappa shape index (κ3) is 3.25. The monoisotopic (exact) mass is 295 g/mol. The summed E-state index contributed by atoms with van der Waals surface area (Å²) in [5, 5.41) is 4.29. The number of methoxy groups -OCH3 is 1. The van der Waals surface area contributed by atoms with Crippen LogP contribution in [0, 0.1) is 0 Å². The zero-order valence-corrected chi connectivity index (χ0v) is 12.3. The molecule has 1 aromatic heterocycles. The molecule has 1 heterocycles. The van der Waals surface area contributed by atoms with Crippen molar-refractivity contribution in [3.8, 4) is 11.5 Å². The summed E-state index contributed by atoms with van der Waals surface area (Å²) < 4.78 is 10.8. The van der Waals surface area contributed by atoms with Gasteiger partial charge in [0, 0.05) is 5.39 Å². The van der Waals surface area contributed by atoms with Gasteiger partial charge in [-0.2, -0.15) is 0 Å². The Bertz CT molecular complexity index is 739. The minimum absolute atomic E-state index is 0.546. The first-order chi connectivity index (χ1) is 10.9. The first-order valence-corrected chi connectivity index (χ1v) is 7.07. The molecule has 0 radical (unpaired) electrons. The average Bonchev–Trinajstić information content (AvgIpc) is 2.59. The molecule has 0 aliphatic heterocycles. The minimum atomic E-state index is 0.546. The van der Waals surface area contributed by atoms with E-state index in [4.69, 9.17) is 9.47 Å². The third-order valence-corrected chi connectivity index (χ3v) is 3.27. The van der Waals surface area contributed by atoms with Crippen molar-refractivity contribution in [1.29, 1.82) is 0 Å². The Labute approximate surface area is 128 Å². The van der Waals surface area contributed by atoms with E-state index >= 15 is 0 Å². The molecule has 112 valence electrons. The van der Waals surface area contributed by atoms with Crippen LogP contribution in [0.4, 0.5) is 5.82 Å². The topological polar surface area (TPSA) is 56.3 Å². The Morgan fingerprint density at radius 3 is 2.55 bits per heavy atom. The summed E-state index contributed by atoms with van der Waals surface area (Å²) in [5.74, 6) is 2.46. The van der Waals surface area contributed by atoms with E-state index in [2.05, 4.69) is 15.3 Å². The number of anilines is 1. The van der Waals surface area contributed by atoms with Crippen LogP contribution in [0.1, 0.15) is 0 Å². The number of rotatable bonds is 6. The minimum Gasteiger partial charge on any atom is -0.497 e. The molecule has 3 rings (SSSR count). The number of nitrogens with one attached hydrogen (secondary N) is 1. The van der Waals surface area contributed by atoms with Gasteiger partial charge in [0.2, 0.25) is 0 Å². The van der Waals surface area contributed by atoms with Gasteiger partial charge in [0.25, 0.3) is 0 Å². The van der Waals surface area contributed by atoms with E-state index < -0.39 is 0 Å². The van der Waals surface area contributed by atoms with Crippen LogP contribution in [-0.2, 0) is 0 Å². The Hall–Kier alpha value is -2.82. The van der Waals surface area contributed by atoms with Gasteiger partial charge in [-0.3, -0.25) is 0 Å². The van der Waals surface area contributed by atoms with Crippen molar-refractivity contribution in [2.24, 2.45) is 0 Å². The van der Waals surface area contributed by atoms with Crippen LogP contribution in [0.2, 0.25) is 0 Å². The lowest BCUT2D eigenvalue weighted by Crippen LogP contribution is -2.12. The molecule has 0 fully saturated rings. The maximum absolute atomic E-state index is 5.68. The molecular formula is C17H17N3O2. The number of fused-ring (bicyclic) bond motifs is 1. The smallest absolute Gasteiger partial charge is 0.137 e. The lowest BCUT2D eigenvalue weighted by Gasteiger charge is -2.10. The Kier molecular flexibility index (Phi) is 4.34. The van der Waals surface area contributed by atoms with Crippen molar-refractivity contribution >= 4 is 16.7 Å². The highest BCUT2D eigenvalue weighted by Gasteiger charge is 2.02. The van der Waals surface area contributed by atoms with E-state index in [9.17, 15) is 0 Å². The number of nitrogens with zero attached hydrogens (tertiary/aromatic N) is 2. The second-order valence-electron chi connectivity index (χ2n) is 4.69. The molecule has 0 unspecified atom stereocenters. The summed E-state index contributed by atoms with van der Waals surface area (Å²) in [6, 6.07) is 15.4. The van der Waals surface area contributed by atoms with Crippen molar-refractivity contribution in [3.05, 3.63) is 54.9 Å². The van der Waals surface area contributed by atoms with Crippen LogP contribution in [0.3, 0.4) is 0 Å². The molecule has 2 aromatic carbocycles. The van der Waals surface area contributed by atoms with E-state index in [1.165, 1.54) is 0 Å². The summed E-state index contributed by atoms with van der Waals surface area (Å²) in [7, 11) is 1.64. The maximum Gasteiger partial charge on any atom is 0.137 e. The van der Waals surface area contributed by atoms with Gasteiger partial charge in [-0.05, 0) is 36.4 Å². The Morgan fingerprint density at radius 2 is 1.73 bits per heavy atom. The van der Waals surface area contributed by atoms with Gasteiger partial charge in [-0.25, -0.2) is 9.97 Å². The van der Waals surface area contributed by atoms with Crippen LogP contribution < -0.4 is 14.8 Å². The first-order valence-electron chi connectivity index (χ1n) is 7.07. The molecule has 0 amide bonds. The van der Waals surface area contributed by atoms with E-state index in [0.717, 1.165) is 28.2 Å². The number of aromatic nitrogens is 2. The molecule has 0 bridgehead atoms. The Morgan fingerprint density at radius 1 is 0.955 bits per heavy atom. The van der Waals surface area contributed by atoms with Gasteiger partial charge >= 0.3 is 0 Å². The van der Waals surface area contributed by atoms with Crippen molar-refractivity contribution in [2.75, 3.05) is 25.6 Å². The van der Waals surface area contributed by atoms with Gasteiger partial charge in [0.05, 0.1) is 19.2 Å². The Balaban J connectivity index is 1.56. The summed E-state index contributed by atoms with van der Waals surface area (Å²) in [5.41, 5.74) is 0.927. The van der Waals surface area contributed by atoms with Crippen LogP contribution in [0.5, 0.6) is 11.5 Å². The lowest BCUT2D eigenvalue weighted by atomic mass is 10.2. The first kappa shape index (κ1) is 14.1. The molecule has 0 saturated carbocycles. The quantitative estimate of drug-likeness (QED) is 0.708. The van der Waals surface area contributed by atoms with E-state index in [-0.39, 0.29) is 0 Å². The highest BCUT2D eigenvalue weighted by atomic mass is 16.5. The number of hydrogen-bond acceptors (Lipinski definition) is 5. The second-order valence-corrected chi connectivity index (χ2v) is 4.69. The van der Waals surface area contributed by atoms with Gasteiger partial charge in [-0.15, -0.1) is 0 Å². The molecule has 0 atom stereocenters. The molecule has 3 aromatic rings. The van der Waals surface area contributed by atoms with Crippen LogP contribution >= 0.6 is 0 Å². The summed E-state index contributed by atoms with van der Waals surface area (Å²) in [4.78, 5) is 8.52. The van der Waals surface area contributed by atoms with Gasteiger partial charge in [0.15, 0.2) is 0 Å². The maximum atomic E-state index is 5.68. The van der Waals surface area contributed by atoms with E-state index in [1.54, 1.807) is 13.4 Å². The van der Waals surface area contributed by atoms with Gasteiger partial charge in [0.1, 0.15) is 30.3 Å². The highest BCUT2D eigenvalue weighted by molar-refractivity contribution is 5.88. The van der Waals surface area contributed by atoms with Crippen LogP contribution in [-0.4, -0.2) is 30.2 Å². The third-order valence-electron chi connectivity index (χ3n) is 3.27. The summed E-state index contributed by atoms with van der Waals surface area (Å²) in [6.07, 6.45) is 1.56. The lowest BCUT2D eigenvalue weighted by molar-refractivity contribution is 0.331. The molecule has 0 spiro atoms. The normalized spacial score (nSPS) is 10.4. The molecule has 5 nitrogen and oxygen atoms in total. The van der Waals surface area contributed by atoms with E-state index in [1.807, 2.05) is 48.5 Å².